The molecular formula is C46H51N3O4S4. The molecule has 3 heterocycles. The third-order valence-corrected chi connectivity index (χ3v) is 15.0. The monoisotopic (exact) mass is 837 g/mol. The first-order valence-corrected chi connectivity index (χ1v) is 23.5. The molecule has 2 atom stereocenters. The van der Waals surface area contributed by atoms with E-state index in [9.17, 15) is 19.5 Å². The molecule has 1 N–H and O–H groups in total. The van der Waals surface area contributed by atoms with Crippen molar-refractivity contribution in [3.8, 4) is 0 Å². The number of benzene rings is 3. The number of aryl methyl sites for hydroxylation is 1. The molecule has 3 aromatic carbocycles. The van der Waals surface area contributed by atoms with E-state index < -0.39 is 18.1 Å². The molecule has 57 heavy (non-hydrogen) atoms. The molecule has 0 spiro atoms. The number of nitrogens with zero attached hydrogens (tertiary/aromatic N) is 3. The van der Waals surface area contributed by atoms with Gasteiger partial charge in [0.05, 0.1) is 4.53 Å². The van der Waals surface area contributed by atoms with Crippen molar-refractivity contribution in [2.24, 2.45) is 0 Å². The molecule has 4 aromatic rings. The number of thiocarbonyl (C=S) groups is 1. The van der Waals surface area contributed by atoms with Crippen molar-refractivity contribution in [1.29, 1.82) is 0 Å². The minimum Gasteiger partial charge on any atom is -0.480 e. The van der Waals surface area contributed by atoms with E-state index in [0.29, 0.717) is 36.9 Å². The van der Waals surface area contributed by atoms with E-state index in [0.717, 1.165) is 68.0 Å². The van der Waals surface area contributed by atoms with Gasteiger partial charge in [-0.25, -0.2) is 0 Å². The van der Waals surface area contributed by atoms with E-state index in [-0.39, 0.29) is 5.91 Å². The number of aliphatic carboxylic acids is 1. The van der Waals surface area contributed by atoms with Crippen LogP contribution in [0.1, 0.15) is 106 Å². The number of hydrogen-bond acceptors (Lipinski definition) is 8. The number of thioether (sulfide) groups is 2. The highest BCUT2D eigenvalue weighted by atomic mass is 32.2. The van der Waals surface area contributed by atoms with Crippen LogP contribution in [0.4, 0.5) is 11.4 Å². The SMILES string of the molecule is [CH]CCCCCCCCCSc1ccc(N2c3ccc(/C=c4\s/c(=C5/SC(=S)N(CCCCc6ccccc6)C5=O)n(CC(=O)O)c4=O)cc3C3CCCC32)cc1. The molecule has 2 radical (unpaired) electrons. The number of hydrogen-bond donors (Lipinski definition) is 1. The number of thiazole rings is 1. The van der Waals surface area contributed by atoms with Gasteiger partial charge in [0.1, 0.15) is 20.4 Å². The van der Waals surface area contributed by atoms with Gasteiger partial charge in [-0.05, 0) is 117 Å². The standard InChI is InChI=1S/C46H51N3O4S4/c1-2-3-4-5-6-7-8-14-28-55-35-24-22-34(23-25-35)49-38-20-15-19-36(38)37-29-33(21-26-39(37)49)30-40-43(52)48(31-41(50)51)45(56-40)42-44(53)47(46(54)57-42)27-13-12-18-32-16-10-9-11-17-32/h1,9-11,16-17,21-26,29-30,36,38H,2-8,12-15,18-20,27-28,31H2,(H,50,51)/b40-30-,45-42+. The zero-order valence-corrected chi connectivity index (χ0v) is 35.7. The van der Waals surface area contributed by atoms with Crippen LogP contribution in [0.2, 0.25) is 0 Å². The summed E-state index contributed by atoms with van der Waals surface area (Å²) in [7, 11) is 0. The Morgan fingerprint density at radius 1 is 0.912 bits per heavy atom. The Balaban J connectivity index is 1.07. The van der Waals surface area contributed by atoms with Gasteiger partial charge in [-0.2, -0.15) is 0 Å². The quantitative estimate of drug-likeness (QED) is 0.0569. The normalized spacial score (nSPS) is 18.9. The lowest BCUT2D eigenvalue weighted by Crippen LogP contribution is -2.35. The minimum atomic E-state index is -1.14. The Morgan fingerprint density at radius 2 is 1.67 bits per heavy atom. The molecular weight excluding hydrogens is 787 g/mol. The number of unbranched alkanes of at least 4 members (excludes halogenated alkanes) is 8. The molecule has 3 aliphatic rings. The third-order valence-electron chi connectivity index (χ3n) is 11.2. The summed E-state index contributed by atoms with van der Waals surface area (Å²) < 4.78 is 2.39. The number of carboxylic acid groups (broad SMARTS) is 1. The first-order chi connectivity index (χ1) is 27.8. The second-order valence-electron chi connectivity index (χ2n) is 15.2. The zero-order valence-electron chi connectivity index (χ0n) is 32.4. The van der Waals surface area contributed by atoms with Crippen LogP contribution in [-0.4, -0.2) is 49.1 Å². The molecule has 1 saturated heterocycles. The maximum absolute atomic E-state index is 13.8. The van der Waals surface area contributed by atoms with E-state index in [1.165, 1.54) is 88.2 Å². The highest BCUT2D eigenvalue weighted by molar-refractivity contribution is 8.30. The maximum atomic E-state index is 13.8. The Bertz CT molecular complexity index is 2230. The molecule has 0 bridgehead atoms. The van der Waals surface area contributed by atoms with Crippen LogP contribution in [0, 0.1) is 6.92 Å². The van der Waals surface area contributed by atoms with Gasteiger partial charge in [-0.1, -0.05) is 105 Å². The number of fused-ring (bicyclic) bond motifs is 3. The number of amides is 1. The summed E-state index contributed by atoms with van der Waals surface area (Å²) in [4.78, 5) is 45.2. The fraction of sp³-hybridized carbons (Fsp3) is 0.413. The van der Waals surface area contributed by atoms with Crippen LogP contribution in [0.15, 0.2) is 82.5 Å². The summed E-state index contributed by atoms with van der Waals surface area (Å²) >= 11 is 9.88. The highest BCUT2D eigenvalue weighted by Crippen LogP contribution is 2.52. The molecule has 2 aliphatic heterocycles. The van der Waals surface area contributed by atoms with Gasteiger partial charge < -0.3 is 10.0 Å². The molecule has 1 saturated carbocycles. The Hall–Kier alpha value is -3.64. The van der Waals surface area contributed by atoms with Crippen molar-refractivity contribution in [3.05, 3.63) is 116 Å². The second-order valence-corrected chi connectivity index (χ2v) is 19.0. The number of anilines is 2. The van der Waals surface area contributed by atoms with E-state index in [1.807, 2.05) is 42.1 Å². The first-order valence-electron chi connectivity index (χ1n) is 20.4. The van der Waals surface area contributed by atoms with Gasteiger partial charge in [0, 0.05) is 34.8 Å². The zero-order chi connectivity index (χ0) is 39.7. The number of carbonyl (C=O) groups is 2. The smallest absolute Gasteiger partial charge is 0.323 e. The number of carboxylic acids is 1. The van der Waals surface area contributed by atoms with Crippen LogP contribution in [0.25, 0.3) is 11.0 Å². The summed E-state index contributed by atoms with van der Waals surface area (Å²) in [5, 5.41) is 9.77. The van der Waals surface area contributed by atoms with Crippen LogP contribution >= 0.6 is 47.1 Å². The fourth-order valence-corrected chi connectivity index (χ4v) is 11.9. The lowest BCUT2D eigenvalue weighted by atomic mass is 9.96. The van der Waals surface area contributed by atoms with Crippen molar-refractivity contribution in [2.75, 3.05) is 17.2 Å². The number of aromatic nitrogens is 1. The third kappa shape index (κ3) is 9.98. The van der Waals surface area contributed by atoms with Gasteiger partial charge in [-0.15, -0.1) is 23.1 Å². The first kappa shape index (κ1) is 41.5. The van der Waals surface area contributed by atoms with Crippen LogP contribution < -0.4 is 19.7 Å². The molecule has 7 rings (SSSR count). The van der Waals surface area contributed by atoms with Gasteiger partial charge in [0.15, 0.2) is 0 Å². The van der Waals surface area contributed by atoms with Gasteiger partial charge >= 0.3 is 5.97 Å². The molecule has 7 nitrogen and oxygen atoms in total. The summed E-state index contributed by atoms with van der Waals surface area (Å²) in [6, 6.07) is 26.1. The number of rotatable bonds is 19. The van der Waals surface area contributed by atoms with Crippen molar-refractivity contribution < 1.29 is 14.7 Å². The lowest BCUT2D eigenvalue weighted by Gasteiger charge is -2.27. The summed E-state index contributed by atoms with van der Waals surface area (Å²) in [5.74, 6) is 0.134. The van der Waals surface area contributed by atoms with E-state index in [4.69, 9.17) is 19.1 Å². The molecule has 298 valence electrons. The van der Waals surface area contributed by atoms with Gasteiger partial charge in [-0.3, -0.25) is 23.9 Å². The average Bonchev–Trinajstić information content (AvgIpc) is 3.96. The van der Waals surface area contributed by atoms with Crippen molar-refractivity contribution in [3.63, 3.8) is 0 Å². The Kier molecular flexibility index (Phi) is 14.5. The summed E-state index contributed by atoms with van der Waals surface area (Å²) in [5.41, 5.74) is 5.44. The molecule has 11 heteroatoms. The number of carbonyl (C=O) groups excluding carboxylic acids is 1. The molecule has 1 aliphatic carbocycles. The maximum Gasteiger partial charge on any atom is 0.323 e. The van der Waals surface area contributed by atoms with Crippen molar-refractivity contribution >= 4 is 85.6 Å². The Morgan fingerprint density at radius 3 is 2.42 bits per heavy atom. The predicted molar refractivity (Wildman–Crippen MR) is 241 cm³/mol. The van der Waals surface area contributed by atoms with Gasteiger partial charge in [0.2, 0.25) is 0 Å². The largest absolute Gasteiger partial charge is 0.480 e. The van der Waals surface area contributed by atoms with E-state index in [2.05, 4.69) is 53.4 Å². The van der Waals surface area contributed by atoms with Gasteiger partial charge in [0.25, 0.3) is 11.5 Å². The molecule has 1 aromatic heterocycles. The van der Waals surface area contributed by atoms with Crippen LogP contribution in [0.3, 0.4) is 0 Å². The predicted octanol–water partition coefficient (Wildman–Crippen LogP) is 9.53. The average molecular weight is 838 g/mol. The van der Waals surface area contributed by atoms with Crippen LogP contribution in [0.5, 0.6) is 0 Å². The van der Waals surface area contributed by atoms with E-state index >= 15 is 0 Å². The highest BCUT2D eigenvalue weighted by Gasteiger charge is 2.42. The van der Waals surface area contributed by atoms with E-state index in [1.54, 1.807) is 4.90 Å². The second kappa shape index (κ2) is 19.9. The molecule has 2 unspecified atom stereocenters. The summed E-state index contributed by atoms with van der Waals surface area (Å²) in [6.45, 7) is 5.55. The summed E-state index contributed by atoms with van der Waals surface area (Å²) in [6.07, 6.45) is 17.5. The topological polar surface area (TPSA) is 82.8 Å². The molecule has 2 fully saturated rings. The van der Waals surface area contributed by atoms with Crippen molar-refractivity contribution in [1.82, 2.24) is 9.47 Å². The minimum absolute atomic E-state index is 0.270. The molecule has 1 amide bonds. The lowest BCUT2D eigenvalue weighted by molar-refractivity contribution is -0.137. The van der Waals surface area contributed by atoms with Crippen LogP contribution in [-0.2, 0) is 22.6 Å². The Labute approximate surface area is 354 Å². The van der Waals surface area contributed by atoms with Crippen molar-refractivity contribution in [2.45, 2.75) is 113 Å². The fourth-order valence-electron chi connectivity index (χ4n) is 8.41.